The lowest BCUT2D eigenvalue weighted by atomic mass is 10.1. The molecule has 1 aromatic carbocycles. The molecular weight excluding hydrogens is 201 g/mol. The van der Waals surface area contributed by atoms with Crippen molar-refractivity contribution in [1.29, 1.82) is 0 Å². The van der Waals surface area contributed by atoms with E-state index in [1.54, 1.807) is 6.07 Å². The van der Waals surface area contributed by atoms with Crippen molar-refractivity contribution in [2.75, 3.05) is 0 Å². The molecule has 0 bridgehead atoms. The van der Waals surface area contributed by atoms with Gasteiger partial charge in [0, 0.05) is 18.2 Å². The van der Waals surface area contributed by atoms with Crippen LogP contribution in [0.25, 0.3) is 0 Å². The number of hydrogen-bond donors (Lipinski definition) is 1. The van der Waals surface area contributed by atoms with E-state index in [-0.39, 0.29) is 5.82 Å². The van der Waals surface area contributed by atoms with E-state index in [1.165, 1.54) is 25.3 Å². The normalized spacial score (nSPS) is 12.7. The molecule has 0 saturated carbocycles. The number of unbranched alkanes of at least 4 members (excludes halogenated alkanes) is 1. The number of nitrogens with one attached hydrogen (secondary N) is 1. The fraction of sp³-hybridized carbons (Fsp3) is 0.571. The van der Waals surface area contributed by atoms with Gasteiger partial charge in [-0.15, -0.1) is 0 Å². The molecule has 1 atom stereocenters. The molecule has 2 heteroatoms. The zero-order valence-corrected chi connectivity index (χ0v) is 10.3. The third kappa shape index (κ3) is 4.31. The van der Waals surface area contributed by atoms with Crippen molar-refractivity contribution in [3.05, 3.63) is 35.6 Å². The molecule has 0 aliphatic heterocycles. The highest BCUT2D eigenvalue weighted by atomic mass is 19.1. The van der Waals surface area contributed by atoms with Crippen LogP contribution in [-0.4, -0.2) is 6.04 Å². The molecule has 0 aliphatic carbocycles. The molecule has 90 valence electrons. The highest BCUT2D eigenvalue weighted by Gasteiger charge is 2.06. The average Bonchev–Trinajstić information content (AvgIpc) is 2.31. The molecule has 1 nitrogen and oxygen atoms in total. The smallest absolute Gasteiger partial charge is 0.127 e. The lowest BCUT2D eigenvalue weighted by molar-refractivity contribution is 0.446. The molecule has 0 radical (unpaired) electrons. The summed E-state index contributed by atoms with van der Waals surface area (Å²) in [5.41, 5.74) is 0.762. The van der Waals surface area contributed by atoms with Crippen molar-refractivity contribution in [1.82, 2.24) is 5.32 Å². The van der Waals surface area contributed by atoms with Crippen LogP contribution in [0, 0.1) is 5.82 Å². The maximum atomic E-state index is 13.4. The zero-order chi connectivity index (χ0) is 11.8. The minimum absolute atomic E-state index is 0.111. The average molecular weight is 223 g/mol. The van der Waals surface area contributed by atoms with Crippen molar-refractivity contribution >= 4 is 0 Å². The van der Waals surface area contributed by atoms with Crippen molar-refractivity contribution in [2.24, 2.45) is 0 Å². The van der Waals surface area contributed by atoms with E-state index in [4.69, 9.17) is 0 Å². The third-order valence-corrected chi connectivity index (χ3v) is 2.94. The maximum absolute atomic E-state index is 13.4. The second-order valence-corrected chi connectivity index (χ2v) is 4.22. The predicted octanol–water partition coefficient (Wildman–Crippen LogP) is 3.88. The molecule has 1 N–H and O–H groups in total. The van der Waals surface area contributed by atoms with E-state index in [9.17, 15) is 4.39 Å². The Morgan fingerprint density at radius 1 is 1.25 bits per heavy atom. The quantitative estimate of drug-likeness (QED) is 0.739. The van der Waals surface area contributed by atoms with Gasteiger partial charge in [0.15, 0.2) is 0 Å². The summed E-state index contributed by atoms with van der Waals surface area (Å²) in [6.07, 6.45) is 4.75. The van der Waals surface area contributed by atoms with E-state index in [1.807, 2.05) is 12.1 Å². The summed E-state index contributed by atoms with van der Waals surface area (Å²) < 4.78 is 13.4. The van der Waals surface area contributed by atoms with Gasteiger partial charge in [0.05, 0.1) is 0 Å². The Bertz CT molecular complexity index is 299. The number of hydrogen-bond acceptors (Lipinski definition) is 1. The Morgan fingerprint density at radius 2 is 2.00 bits per heavy atom. The minimum Gasteiger partial charge on any atom is -0.310 e. The predicted molar refractivity (Wildman–Crippen MR) is 66.8 cm³/mol. The largest absolute Gasteiger partial charge is 0.310 e. The molecule has 0 saturated heterocycles. The van der Waals surface area contributed by atoms with Gasteiger partial charge in [-0.2, -0.15) is 0 Å². The maximum Gasteiger partial charge on any atom is 0.127 e. The van der Waals surface area contributed by atoms with Crippen LogP contribution in [0.5, 0.6) is 0 Å². The van der Waals surface area contributed by atoms with Crippen molar-refractivity contribution in [3.8, 4) is 0 Å². The summed E-state index contributed by atoms with van der Waals surface area (Å²) in [5.74, 6) is -0.111. The van der Waals surface area contributed by atoms with Crippen LogP contribution in [0.2, 0.25) is 0 Å². The highest BCUT2D eigenvalue weighted by Crippen LogP contribution is 2.09. The van der Waals surface area contributed by atoms with Gasteiger partial charge in [-0.25, -0.2) is 4.39 Å². The first-order valence-corrected chi connectivity index (χ1v) is 6.24. The van der Waals surface area contributed by atoms with Crippen molar-refractivity contribution < 1.29 is 4.39 Å². The SMILES string of the molecule is CCCCC(CC)NCc1ccccc1F. The summed E-state index contributed by atoms with van der Waals surface area (Å²) in [5, 5.41) is 3.42. The van der Waals surface area contributed by atoms with Gasteiger partial charge in [-0.1, -0.05) is 44.9 Å². The van der Waals surface area contributed by atoms with E-state index in [0.29, 0.717) is 12.6 Å². The van der Waals surface area contributed by atoms with Crippen LogP contribution >= 0.6 is 0 Å². The zero-order valence-electron chi connectivity index (χ0n) is 10.3. The van der Waals surface area contributed by atoms with E-state index < -0.39 is 0 Å². The Morgan fingerprint density at radius 3 is 2.62 bits per heavy atom. The first kappa shape index (κ1) is 13.2. The minimum atomic E-state index is -0.111. The van der Waals surface area contributed by atoms with Gasteiger partial charge in [0.25, 0.3) is 0 Å². The second kappa shape index (κ2) is 7.39. The summed E-state index contributed by atoms with van der Waals surface area (Å²) in [6.45, 7) is 5.01. The Labute approximate surface area is 98.1 Å². The summed E-state index contributed by atoms with van der Waals surface area (Å²) in [7, 11) is 0. The lowest BCUT2D eigenvalue weighted by Gasteiger charge is -2.16. The second-order valence-electron chi connectivity index (χ2n) is 4.22. The van der Waals surface area contributed by atoms with Gasteiger partial charge in [0.2, 0.25) is 0 Å². The fourth-order valence-corrected chi connectivity index (χ4v) is 1.80. The van der Waals surface area contributed by atoms with Crippen LogP contribution < -0.4 is 5.32 Å². The molecule has 16 heavy (non-hydrogen) atoms. The van der Waals surface area contributed by atoms with E-state index >= 15 is 0 Å². The number of benzene rings is 1. The molecule has 0 aliphatic rings. The monoisotopic (exact) mass is 223 g/mol. The van der Waals surface area contributed by atoms with E-state index in [2.05, 4.69) is 19.2 Å². The Balaban J connectivity index is 2.40. The summed E-state index contributed by atoms with van der Waals surface area (Å²) in [6, 6.07) is 7.48. The first-order valence-electron chi connectivity index (χ1n) is 6.24. The Kier molecular flexibility index (Phi) is 6.09. The molecule has 1 aromatic rings. The topological polar surface area (TPSA) is 12.0 Å². The van der Waals surface area contributed by atoms with E-state index in [0.717, 1.165) is 12.0 Å². The van der Waals surface area contributed by atoms with Crippen LogP contribution in [0.15, 0.2) is 24.3 Å². The number of halogens is 1. The molecule has 0 heterocycles. The van der Waals surface area contributed by atoms with Gasteiger partial charge in [0.1, 0.15) is 5.82 Å². The standard InChI is InChI=1S/C14H22FN/c1-3-5-9-13(4-2)16-11-12-8-6-7-10-14(12)15/h6-8,10,13,16H,3-5,9,11H2,1-2H3. The van der Waals surface area contributed by atoms with Gasteiger partial charge < -0.3 is 5.32 Å². The molecule has 0 fully saturated rings. The molecule has 0 amide bonds. The van der Waals surface area contributed by atoms with Crippen LogP contribution in [0.4, 0.5) is 4.39 Å². The molecule has 0 spiro atoms. The highest BCUT2D eigenvalue weighted by molar-refractivity contribution is 5.16. The summed E-state index contributed by atoms with van der Waals surface area (Å²) in [4.78, 5) is 0. The summed E-state index contributed by atoms with van der Waals surface area (Å²) >= 11 is 0. The van der Waals surface area contributed by atoms with Gasteiger partial charge in [-0.3, -0.25) is 0 Å². The van der Waals surface area contributed by atoms with Gasteiger partial charge >= 0.3 is 0 Å². The molecular formula is C14H22FN. The van der Waals surface area contributed by atoms with Crippen LogP contribution in [-0.2, 0) is 6.54 Å². The van der Waals surface area contributed by atoms with Crippen molar-refractivity contribution in [2.45, 2.75) is 52.1 Å². The Hall–Kier alpha value is -0.890. The molecule has 1 unspecified atom stereocenters. The van der Waals surface area contributed by atoms with Gasteiger partial charge in [-0.05, 0) is 18.9 Å². The fourth-order valence-electron chi connectivity index (χ4n) is 1.80. The van der Waals surface area contributed by atoms with Crippen LogP contribution in [0.3, 0.4) is 0 Å². The first-order chi connectivity index (χ1) is 7.77. The third-order valence-electron chi connectivity index (χ3n) is 2.94. The number of rotatable bonds is 7. The molecule has 0 aromatic heterocycles. The van der Waals surface area contributed by atoms with Crippen molar-refractivity contribution in [3.63, 3.8) is 0 Å². The molecule has 1 rings (SSSR count). The lowest BCUT2D eigenvalue weighted by Crippen LogP contribution is -2.28. The van der Waals surface area contributed by atoms with Crippen LogP contribution in [0.1, 0.15) is 45.1 Å².